The second-order valence-electron chi connectivity index (χ2n) is 5.10. The third kappa shape index (κ3) is 1.02. The summed E-state index contributed by atoms with van der Waals surface area (Å²) < 4.78 is 4.84. The standard InChI is InChI=1S/C12H14N2O3/c1-17-11(16)12-7-2-3-8(5-10(12)15)14(12)9(4-7)6-13/h7-9H,2-5H2,1H3/t7-,8-,9-,12+/m1/s1. The lowest BCUT2D eigenvalue weighted by molar-refractivity contribution is -0.160. The molecule has 0 aromatic rings. The predicted octanol–water partition coefficient (Wildman–Crippen LogP) is 0.247. The summed E-state index contributed by atoms with van der Waals surface area (Å²) in [6.07, 6.45) is 2.77. The van der Waals surface area contributed by atoms with Gasteiger partial charge in [0.2, 0.25) is 0 Å². The second-order valence-corrected chi connectivity index (χ2v) is 5.10. The number of piperidine rings is 1. The number of esters is 1. The summed E-state index contributed by atoms with van der Waals surface area (Å²) in [4.78, 5) is 26.2. The fourth-order valence-corrected chi connectivity index (χ4v) is 4.01. The van der Waals surface area contributed by atoms with E-state index in [0.29, 0.717) is 12.8 Å². The Labute approximate surface area is 99.3 Å². The van der Waals surface area contributed by atoms with Crippen LogP contribution in [0.5, 0.6) is 0 Å². The van der Waals surface area contributed by atoms with Crippen LogP contribution in [0.2, 0.25) is 0 Å². The van der Waals surface area contributed by atoms with Gasteiger partial charge in [0.15, 0.2) is 11.3 Å². The van der Waals surface area contributed by atoms with Gasteiger partial charge in [-0.25, -0.2) is 4.79 Å². The van der Waals surface area contributed by atoms with Crippen molar-refractivity contribution in [3.8, 4) is 6.07 Å². The number of Topliss-reactive ketones (excluding diaryl/α,β-unsaturated/α-hetero) is 1. The van der Waals surface area contributed by atoms with Crippen molar-refractivity contribution in [3.05, 3.63) is 0 Å². The Morgan fingerprint density at radius 3 is 3.00 bits per heavy atom. The quantitative estimate of drug-likeness (QED) is 0.480. The van der Waals surface area contributed by atoms with Crippen LogP contribution in [0.25, 0.3) is 0 Å². The Bertz CT molecular complexity index is 432. The van der Waals surface area contributed by atoms with Crippen molar-refractivity contribution in [3.63, 3.8) is 0 Å². The maximum Gasteiger partial charge on any atom is 0.334 e. The minimum absolute atomic E-state index is 0.0363. The van der Waals surface area contributed by atoms with E-state index in [9.17, 15) is 14.9 Å². The van der Waals surface area contributed by atoms with Crippen LogP contribution in [0.4, 0.5) is 0 Å². The summed E-state index contributed by atoms with van der Waals surface area (Å²) in [5, 5.41) is 9.18. The predicted molar refractivity (Wildman–Crippen MR) is 56.7 cm³/mol. The first-order valence-corrected chi connectivity index (χ1v) is 5.96. The molecule has 3 aliphatic heterocycles. The Hall–Kier alpha value is -1.41. The molecule has 3 rings (SSSR count). The van der Waals surface area contributed by atoms with Gasteiger partial charge in [-0.15, -0.1) is 0 Å². The molecule has 0 amide bonds. The average molecular weight is 234 g/mol. The molecule has 5 atom stereocenters. The van der Waals surface area contributed by atoms with E-state index in [1.807, 2.05) is 4.90 Å². The summed E-state index contributed by atoms with van der Waals surface area (Å²) in [6.45, 7) is 0. The lowest BCUT2D eigenvalue weighted by atomic mass is 9.79. The highest BCUT2D eigenvalue weighted by Gasteiger charge is 2.71. The van der Waals surface area contributed by atoms with Crippen molar-refractivity contribution in [1.29, 1.82) is 5.26 Å². The zero-order valence-electron chi connectivity index (χ0n) is 9.68. The number of rotatable bonds is 1. The molecule has 3 fully saturated rings. The highest BCUT2D eigenvalue weighted by atomic mass is 16.5. The summed E-state index contributed by atoms with van der Waals surface area (Å²) in [5.74, 6) is -0.548. The SMILES string of the molecule is COC(=O)[C@@]12C(=O)C[C@H]3CC[C@@H]1C[C@H](C#N)N32. The molecule has 90 valence electrons. The molecule has 3 aliphatic rings. The molecule has 0 aromatic carbocycles. The second kappa shape index (κ2) is 3.30. The van der Waals surface area contributed by atoms with Gasteiger partial charge in [0.25, 0.3) is 0 Å². The Morgan fingerprint density at radius 1 is 1.59 bits per heavy atom. The molecule has 0 aliphatic carbocycles. The fourth-order valence-electron chi connectivity index (χ4n) is 4.01. The van der Waals surface area contributed by atoms with Crippen LogP contribution in [0.15, 0.2) is 0 Å². The van der Waals surface area contributed by atoms with Crippen molar-refractivity contribution in [2.45, 2.75) is 43.3 Å². The van der Waals surface area contributed by atoms with Gasteiger partial charge in [-0.3, -0.25) is 9.69 Å². The van der Waals surface area contributed by atoms with E-state index in [1.165, 1.54) is 7.11 Å². The summed E-state index contributed by atoms with van der Waals surface area (Å²) >= 11 is 0. The van der Waals surface area contributed by atoms with Crippen molar-refractivity contribution < 1.29 is 14.3 Å². The first-order chi connectivity index (χ1) is 8.16. The minimum Gasteiger partial charge on any atom is -0.467 e. The van der Waals surface area contributed by atoms with Crippen LogP contribution in [0.1, 0.15) is 25.7 Å². The monoisotopic (exact) mass is 234 g/mol. The molecule has 5 heteroatoms. The molecule has 0 N–H and O–H groups in total. The number of nitriles is 1. The molecule has 5 nitrogen and oxygen atoms in total. The molecule has 0 radical (unpaired) electrons. The number of hydrogen-bond acceptors (Lipinski definition) is 5. The smallest absolute Gasteiger partial charge is 0.334 e. The Kier molecular flexibility index (Phi) is 2.08. The minimum atomic E-state index is -1.13. The number of hydrogen-bond donors (Lipinski definition) is 0. The van der Waals surface area contributed by atoms with Gasteiger partial charge >= 0.3 is 5.97 Å². The van der Waals surface area contributed by atoms with Gasteiger partial charge in [0.1, 0.15) is 0 Å². The van der Waals surface area contributed by atoms with E-state index in [-0.39, 0.29) is 23.8 Å². The van der Waals surface area contributed by atoms with E-state index < -0.39 is 11.5 Å². The number of nitrogens with zero attached hydrogens (tertiary/aromatic N) is 2. The van der Waals surface area contributed by atoms with E-state index in [0.717, 1.165) is 12.8 Å². The molecule has 4 bridgehead atoms. The molecule has 0 saturated carbocycles. The molecule has 0 aromatic heterocycles. The van der Waals surface area contributed by atoms with Gasteiger partial charge in [0, 0.05) is 12.5 Å². The lowest BCUT2D eigenvalue weighted by Crippen LogP contribution is -2.60. The van der Waals surface area contributed by atoms with Gasteiger partial charge in [0.05, 0.1) is 19.2 Å². The Balaban J connectivity index is 2.14. The third-order valence-corrected chi connectivity index (χ3v) is 4.58. The van der Waals surface area contributed by atoms with Crippen molar-refractivity contribution >= 4 is 11.8 Å². The maximum atomic E-state index is 12.2. The van der Waals surface area contributed by atoms with Crippen LogP contribution >= 0.6 is 0 Å². The van der Waals surface area contributed by atoms with Crippen LogP contribution in [-0.4, -0.2) is 41.4 Å². The van der Waals surface area contributed by atoms with Gasteiger partial charge in [-0.05, 0) is 25.2 Å². The lowest BCUT2D eigenvalue weighted by Gasteiger charge is -2.39. The number of carbonyl (C=O) groups is 2. The topological polar surface area (TPSA) is 70.4 Å². The van der Waals surface area contributed by atoms with E-state index >= 15 is 0 Å². The van der Waals surface area contributed by atoms with Crippen molar-refractivity contribution in [2.75, 3.05) is 7.11 Å². The first-order valence-electron chi connectivity index (χ1n) is 5.96. The fraction of sp³-hybridized carbons (Fsp3) is 0.750. The largest absolute Gasteiger partial charge is 0.467 e. The number of ketones is 1. The number of methoxy groups -OCH3 is 1. The molecule has 0 spiro atoms. The van der Waals surface area contributed by atoms with E-state index in [4.69, 9.17) is 4.74 Å². The first kappa shape index (κ1) is 10.7. The number of ether oxygens (including phenoxy) is 1. The maximum absolute atomic E-state index is 12.2. The third-order valence-electron chi connectivity index (χ3n) is 4.58. The normalized spacial score (nSPS) is 46.7. The molecular weight excluding hydrogens is 220 g/mol. The summed E-state index contributed by atoms with van der Waals surface area (Å²) in [5.41, 5.74) is -1.13. The van der Waals surface area contributed by atoms with Gasteiger partial charge in [-0.1, -0.05) is 0 Å². The molecule has 1 unspecified atom stereocenters. The van der Waals surface area contributed by atoms with E-state index in [1.54, 1.807) is 0 Å². The van der Waals surface area contributed by atoms with Crippen LogP contribution in [0.3, 0.4) is 0 Å². The molecule has 3 saturated heterocycles. The van der Waals surface area contributed by atoms with E-state index in [2.05, 4.69) is 6.07 Å². The van der Waals surface area contributed by atoms with Crippen LogP contribution in [0, 0.1) is 17.2 Å². The Morgan fingerprint density at radius 2 is 2.35 bits per heavy atom. The van der Waals surface area contributed by atoms with Crippen molar-refractivity contribution in [2.24, 2.45) is 5.92 Å². The number of carbonyl (C=O) groups excluding carboxylic acids is 2. The zero-order valence-corrected chi connectivity index (χ0v) is 9.68. The molecular formula is C12H14N2O3. The average Bonchev–Trinajstić information content (AvgIpc) is 2.69. The van der Waals surface area contributed by atoms with Gasteiger partial charge < -0.3 is 4.74 Å². The highest BCUT2D eigenvalue weighted by molar-refractivity contribution is 6.11. The summed E-state index contributed by atoms with van der Waals surface area (Å²) in [6, 6.07) is 1.98. The zero-order chi connectivity index (χ0) is 12.2. The molecule has 17 heavy (non-hydrogen) atoms. The van der Waals surface area contributed by atoms with Crippen LogP contribution < -0.4 is 0 Å². The summed E-state index contributed by atoms with van der Waals surface area (Å²) in [7, 11) is 1.31. The van der Waals surface area contributed by atoms with Crippen molar-refractivity contribution in [1.82, 2.24) is 4.90 Å². The highest BCUT2D eigenvalue weighted by Crippen LogP contribution is 2.54. The van der Waals surface area contributed by atoms with Crippen LogP contribution in [-0.2, 0) is 14.3 Å². The van der Waals surface area contributed by atoms with Gasteiger partial charge in [-0.2, -0.15) is 5.26 Å². The molecule has 3 heterocycles.